The van der Waals surface area contributed by atoms with Gasteiger partial charge in [0.2, 0.25) is 11.9 Å². The molecular weight excluding hydrogens is 378 g/mol. The highest BCUT2D eigenvalue weighted by Crippen LogP contribution is 2.25. The molecule has 0 saturated carbocycles. The van der Waals surface area contributed by atoms with Crippen LogP contribution in [0.25, 0.3) is 34.0 Å². The first-order valence-corrected chi connectivity index (χ1v) is 8.49. The van der Waals surface area contributed by atoms with Crippen molar-refractivity contribution in [2.45, 2.75) is 0 Å². The van der Waals surface area contributed by atoms with E-state index in [9.17, 15) is 13.6 Å². The maximum atomic E-state index is 14.0. The molecule has 29 heavy (non-hydrogen) atoms. The van der Waals surface area contributed by atoms with Gasteiger partial charge in [0.25, 0.3) is 0 Å². The smallest absolute Gasteiger partial charge is 0.354 e. The van der Waals surface area contributed by atoms with Crippen molar-refractivity contribution >= 4 is 5.97 Å². The molecule has 0 aliphatic rings. The van der Waals surface area contributed by atoms with Gasteiger partial charge in [0.1, 0.15) is 5.69 Å². The second-order valence-corrected chi connectivity index (χ2v) is 6.00. The van der Waals surface area contributed by atoms with Crippen LogP contribution in [0.5, 0.6) is 0 Å². The van der Waals surface area contributed by atoms with Crippen LogP contribution in [0.1, 0.15) is 10.5 Å². The third-order valence-corrected chi connectivity index (χ3v) is 4.08. The molecule has 4 heterocycles. The highest BCUT2D eigenvalue weighted by atomic mass is 19.1. The number of nitrogens with zero attached hydrogens (tertiary/aromatic N) is 4. The zero-order valence-electron chi connectivity index (χ0n) is 14.8. The van der Waals surface area contributed by atoms with Crippen LogP contribution in [0.3, 0.4) is 0 Å². The minimum absolute atomic E-state index is 0.0697. The largest absolute Gasteiger partial charge is 0.477 e. The van der Waals surface area contributed by atoms with E-state index in [0.717, 1.165) is 6.07 Å². The van der Waals surface area contributed by atoms with Crippen LogP contribution in [0.15, 0.2) is 66.7 Å². The molecule has 4 aromatic rings. The Balaban J connectivity index is 1.74. The van der Waals surface area contributed by atoms with Gasteiger partial charge in [-0.3, -0.25) is 0 Å². The van der Waals surface area contributed by atoms with Crippen molar-refractivity contribution in [2.24, 2.45) is 0 Å². The number of rotatable bonds is 4. The number of pyridine rings is 4. The van der Waals surface area contributed by atoms with Gasteiger partial charge in [0.05, 0.1) is 34.0 Å². The van der Waals surface area contributed by atoms with E-state index in [1.807, 2.05) is 0 Å². The van der Waals surface area contributed by atoms with Crippen molar-refractivity contribution in [1.82, 2.24) is 19.9 Å². The van der Waals surface area contributed by atoms with Crippen LogP contribution < -0.4 is 0 Å². The Bertz CT molecular complexity index is 1230. The lowest BCUT2D eigenvalue weighted by molar-refractivity contribution is 0.0690. The van der Waals surface area contributed by atoms with E-state index in [-0.39, 0.29) is 17.0 Å². The minimum Gasteiger partial charge on any atom is -0.477 e. The van der Waals surface area contributed by atoms with Crippen LogP contribution in [-0.4, -0.2) is 31.0 Å². The Labute approximate surface area is 163 Å². The number of carbonyl (C=O) groups is 1. The molecule has 6 nitrogen and oxygen atoms in total. The second kappa shape index (κ2) is 7.51. The van der Waals surface area contributed by atoms with Gasteiger partial charge >= 0.3 is 5.97 Å². The molecule has 0 atom stereocenters. The van der Waals surface area contributed by atoms with Crippen molar-refractivity contribution in [3.05, 3.63) is 84.3 Å². The fourth-order valence-corrected chi connectivity index (χ4v) is 2.75. The zero-order chi connectivity index (χ0) is 20.4. The number of aromatic nitrogens is 4. The molecule has 4 aromatic heterocycles. The van der Waals surface area contributed by atoms with E-state index >= 15 is 0 Å². The van der Waals surface area contributed by atoms with Crippen molar-refractivity contribution in [1.29, 1.82) is 0 Å². The average molecular weight is 390 g/mol. The summed E-state index contributed by atoms with van der Waals surface area (Å²) in [5, 5.41) is 9.11. The van der Waals surface area contributed by atoms with Gasteiger partial charge in [-0.25, -0.2) is 19.7 Å². The summed E-state index contributed by atoms with van der Waals surface area (Å²) in [6.45, 7) is 0. The third-order valence-electron chi connectivity index (χ3n) is 4.08. The van der Waals surface area contributed by atoms with E-state index < -0.39 is 17.9 Å². The molecular formula is C21H12F2N4O2. The second-order valence-electron chi connectivity index (χ2n) is 6.00. The molecule has 0 bridgehead atoms. The Morgan fingerprint density at radius 2 is 1.17 bits per heavy atom. The van der Waals surface area contributed by atoms with Crippen LogP contribution >= 0.6 is 0 Å². The number of hydrogen-bond acceptors (Lipinski definition) is 5. The first kappa shape index (κ1) is 18.3. The molecule has 142 valence electrons. The van der Waals surface area contributed by atoms with E-state index in [0.29, 0.717) is 22.8 Å². The topological polar surface area (TPSA) is 88.9 Å². The lowest BCUT2D eigenvalue weighted by Gasteiger charge is -2.07. The monoisotopic (exact) mass is 390 g/mol. The molecule has 0 saturated heterocycles. The average Bonchev–Trinajstić information content (AvgIpc) is 2.74. The normalized spacial score (nSPS) is 10.7. The van der Waals surface area contributed by atoms with E-state index in [2.05, 4.69) is 19.9 Å². The standard InChI is InChI=1S/C21H12F2N4O2/c22-19-11-10-12(20(23)27-19)13-4-1-5-14(24-13)15-6-2-7-16(25-15)17-8-3-9-18(26-17)21(28)29/h1-11H,(H,28,29). The molecule has 4 rings (SSSR count). The molecule has 0 fully saturated rings. The summed E-state index contributed by atoms with van der Waals surface area (Å²) in [5.41, 5.74) is 2.08. The molecule has 0 aromatic carbocycles. The van der Waals surface area contributed by atoms with Gasteiger partial charge < -0.3 is 5.11 Å². The summed E-state index contributed by atoms with van der Waals surface area (Å²) in [6, 6.07) is 17.1. The van der Waals surface area contributed by atoms with Gasteiger partial charge in [-0.05, 0) is 48.5 Å². The fourth-order valence-electron chi connectivity index (χ4n) is 2.75. The fraction of sp³-hybridized carbons (Fsp3) is 0. The van der Waals surface area contributed by atoms with E-state index in [1.54, 1.807) is 48.5 Å². The number of hydrogen-bond donors (Lipinski definition) is 1. The van der Waals surface area contributed by atoms with Crippen molar-refractivity contribution in [3.8, 4) is 34.0 Å². The van der Waals surface area contributed by atoms with Crippen LogP contribution in [0.4, 0.5) is 8.78 Å². The van der Waals surface area contributed by atoms with Gasteiger partial charge in [0, 0.05) is 0 Å². The van der Waals surface area contributed by atoms with Gasteiger partial charge in [-0.2, -0.15) is 13.8 Å². The van der Waals surface area contributed by atoms with Crippen LogP contribution in [-0.2, 0) is 0 Å². The summed E-state index contributed by atoms with van der Waals surface area (Å²) in [4.78, 5) is 27.3. The number of halogens is 2. The molecule has 0 unspecified atom stereocenters. The molecule has 0 amide bonds. The number of carboxylic acid groups (broad SMARTS) is 1. The van der Waals surface area contributed by atoms with Gasteiger partial charge in [-0.15, -0.1) is 0 Å². The quantitative estimate of drug-likeness (QED) is 0.524. The van der Waals surface area contributed by atoms with E-state index in [1.165, 1.54) is 12.1 Å². The summed E-state index contributed by atoms with van der Waals surface area (Å²) in [6.07, 6.45) is 0. The van der Waals surface area contributed by atoms with Crippen LogP contribution in [0, 0.1) is 11.9 Å². The lowest BCUT2D eigenvalue weighted by atomic mass is 10.1. The maximum Gasteiger partial charge on any atom is 0.354 e. The van der Waals surface area contributed by atoms with Gasteiger partial charge in [-0.1, -0.05) is 18.2 Å². The predicted octanol–water partition coefficient (Wildman–Crippen LogP) is 4.24. The Hall–Kier alpha value is -4.07. The predicted molar refractivity (Wildman–Crippen MR) is 101 cm³/mol. The third kappa shape index (κ3) is 3.81. The molecule has 0 aliphatic heterocycles. The molecule has 1 N–H and O–H groups in total. The first-order valence-electron chi connectivity index (χ1n) is 8.49. The molecule has 8 heteroatoms. The Morgan fingerprint density at radius 3 is 1.76 bits per heavy atom. The minimum atomic E-state index is -1.13. The highest BCUT2D eigenvalue weighted by molar-refractivity contribution is 5.86. The van der Waals surface area contributed by atoms with E-state index in [4.69, 9.17) is 5.11 Å². The van der Waals surface area contributed by atoms with Crippen molar-refractivity contribution in [2.75, 3.05) is 0 Å². The van der Waals surface area contributed by atoms with Gasteiger partial charge in [0.15, 0.2) is 0 Å². The molecule has 0 radical (unpaired) electrons. The number of carboxylic acids is 1. The van der Waals surface area contributed by atoms with Crippen molar-refractivity contribution in [3.63, 3.8) is 0 Å². The zero-order valence-corrected chi connectivity index (χ0v) is 14.8. The van der Waals surface area contributed by atoms with Crippen molar-refractivity contribution < 1.29 is 18.7 Å². The molecule has 0 spiro atoms. The summed E-state index contributed by atoms with van der Waals surface area (Å²) < 4.78 is 27.1. The lowest BCUT2D eigenvalue weighted by Crippen LogP contribution is -2.01. The summed E-state index contributed by atoms with van der Waals surface area (Å²) in [5.74, 6) is -2.99. The summed E-state index contributed by atoms with van der Waals surface area (Å²) in [7, 11) is 0. The maximum absolute atomic E-state index is 14.0. The first-order chi connectivity index (χ1) is 14.0. The summed E-state index contributed by atoms with van der Waals surface area (Å²) >= 11 is 0. The SMILES string of the molecule is O=C(O)c1cccc(-c2cccc(-c3cccc(-c4ccc(F)nc4F)n3)n2)n1. The number of aromatic carboxylic acids is 1. The Morgan fingerprint density at radius 1 is 0.655 bits per heavy atom. The highest BCUT2D eigenvalue weighted by Gasteiger charge is 2.12. The van der Waals surface area contributed by atoms with Crippen LogP contribution in [0.2, 0.25) is 0 Å². The Kier molecular flexibility index (Phi) is 4.74. The molecule has 0 aliphatic carbocycles.